The van der Waals surface area contributed by atoms with Crippen LogP contribution in [0, 0.1) is 5.92 Å². The fourth-order valence-corrected chi connectivity index (χ4v) is 2.78. The van der Waals surface area contributed by atoms with E-state index in [-0.39, 0.29) is 0 Å². The number of nitrogens with zero attached hydrogens (tertiary/aromatic N) is 1. The van der Waals surface area contributed by atoms with Gasteiger partial charge in [0.15, 0.2) is 0 Å². The van der Waals surface area contributed by atoms with Crippen LogP contribution in [0.2, 0.25) is 0 Å². The minimum Gasteiger partial charge on any atom is -0.396 e. The molecular weight excluding hydrogens is 214 g/mol. The van der Waals surface area contributed by atoms with E-state index >= 15 is 0 Å². The molecule has 0 amide bonds. The van der Waals surface area contributed by atoms with Crippen LogP contribution in [0.4, 0.5) is 0 Å². The van der Waals surface area contributed by atoms with Crippen molar-refractivity contribution in [2.45, 2.75) is 57.4 Å². The van der Waals surface area contributed by atoms with Crippen molar-refractivity contribution < 1.29 is 10.2 Å². The molecule has 3 nitrogen and oxygen atoms in total. The summed E-state index contributed by atoms with van der Waals surface area (Å²) in [7, 11) is 2.23. The number of unbranched alkanes of at least 4 members (excludes halogenated alkanes) is 3. The molecule has 1 aliphatic rings. The zero-order valence-corrected chi connectivity index (χ0v) is 11.3. The third-order valence-corrected chi connectivity index (χ3v) is 4.12. The molecule has 0 aromatic rings. The van der Waals surface area contributed by atoms with E-state index in [1.54, 1.807) is 0 Å². The molecule has 102 valence electrons. The van der Waals surface area contributed by atoms with Gasteiger partial charge in [-0.1, -0.05) is 12.8 Å². The molecule has 0 bridgehead atoms. The summed E-state index contributed by atoms with van der Waals surface area (Å²) in [4.78, 5) is 2.49. The predicted octanol–water partition coefficient (Wildman–Crippen LogP) is 2.02. The van der Waals surface area contributed by atoms with E-state index in [1.165, 1.54) is 45.1 Å². The molecule has 0 unspecified atom stereocenters. The molecule has 0 spiro atoms. The second kappa shape index (κ2) is 8.90. The highest BCUT2D eigenvalue weighted by molar-refractivity contribution is 4.77. The summed E-state index contributed by atoms with van der Waals surface area (Å²) in [5, 5.41) is 17.8. The third kappa shape index (κ3) is 5.84. The van der Waals surface area contributed by atoms with Gasteiger partial charge in [0.05, 0.1) is 0 Å². The van der Waals surface area contributed by atoms with Crippen LogP contribution in [0.5, 0.6) is 0 Å². The van der Waals surface area contributed by atoms with Crippen LogP contribution in [0.3, 0.4) is 0 Å². The maximum absolute atomic E-state index is 9.11. The number of aliphatic hydroxyl groups excluding tert-OH is 2. The molecule has 0 aliphatic heterocycles. The Kier molecular flexibility index (Phi) is 7.82. The molecule has 0 aromatic heterocycles. The van der Waals surface area contributed by atoms with Crippen molar-refractivity contribution in [3.63, 3.8) is 0 Å². The molecule has 0 atom stereocenters. The topological polar surface area (TPSA) is 43.7 Å². The zero-order chi connectivity index (χ0) is 12.5. The average molecular weight is 243 g/mol. The largest absolute Gasteiger partial charge is 0.396 e. The van der Waals surface area contributed by atoms with Gasteiger partial charge in [0.1, 0.15) is 0 Å². The second-order valence-corrected chi connectivity index (χ2v) is 5.48. The fraction of sp³-hybridized carbons (Fsp3) is 1.00. The lowest BCUT2D eigenvalue weighted by atomic mass is 9.86. The monoisotopic (exact) mass is 243 g/mol. The summed E-state index contributed by atoms with van der Waals surface area (Å²) >= 11 is 0. The van der Waals surface area contributed by atoms with Gasteiger partial charge < -0.3 is 15.1 Å². The quantitative estimate of drug-likeness (QED) is 0.641. The highest BCUT2D eigenvalue weighted by atomic mass is 16.3. The van der Waals surface area contributed by atoms with Gasteiger partial charge in [-0.05, 0) is 58.0 Å². The van der Waals surface area contributed by atoms with E-state index < -0.39 is 0 Å². The first kappa shape index (κ1) is 14.9. The molecule has 3 heteroatoms. The lowest BCUT2D eigenvalue weighted by Crippen LogP contribution is -2.36. The Morgan fingerprint density at radius 2 is 1.59 bits per heavy atom. The van der Waals surface area contributed by atoms with Crippen LogP contribution in [-0.2, 0) is 0 Å². The lowest BCUT2D eigenvalue weighted by molar-refractivity contribution is 0.126. The predicted molar refractivity (Wildman–Crippen MR) is 71.0 cm³/mol. The smallest absolute Gasteiger partial charge is 0.0459 e. The summed E-state index contributed by atoms with van der Waals surface area (Å²) in [6.07, 6.45) is 9.46. The van der Waals surface area contributed by atoms with Crippen molar-refractivity contribution in [1.29, 1.82) is 0 Å². The molecule has 0 heterocycles. The SMILES string of the molecule is CN(CCCCCCO)C1CCC(CO)CC1. The number of hydrogen-bond donors (Lipinski definition) is 2. The molecule has 1 saturated carbocycles. The van der Waals surface area contributed by atoms with Crippen molar-refractivity contribution in [3.05, 3.63) is 0 Å². The van der Waals surface area contributed by atoms with E-state index in [4.69, 9.17) is 10.2 Å². The van der Waals surface area contributed by atoms with Gasteiger partial charge in [0, 0.05) is 19.3 Å². The van der Waals surface area contributed by atoms with E-state index in [0.717, 1.165) is 18.9 Å². The highest BCUT2D eigenvalue weighted by Crippen LogP contribution is 2.26. The molecule has 0 aromatic carbocycles. The summed E-state index contributed by atoms with van der Waals surface area (Å²) in [6.45, 7) is 1.89. The van der Waals surface area contributed by atoms with E-state index in [2.05, 4.69) is 11.9 Å². The normalized spacial score (nSPS) is 25.4. The van der Waals surface area contributed by atoms with E-state index in [0.29, 0.717) is 19.1 Å². The first-order chi connectivity index (χ1) is 8.27. The molecule has 17 heavy (non-hydrogen) atoms. The maximum Gasteiger partial charge on any atom is 0.0459 e. The van der Waals surface area contributed by atoms with Crippen molar-refractivity contribution >= 4 is 0 Å². The zero-order valence-electron chi connectivity index (χ0n) is 11.3. The summed E-state index contributed by atoms with van der Waals surface area (Å²) in [5.41, 5.74) is 0. The Balaban J connectivity index is 2.05. The van der Waals surface area contributed by atoms with Gasteiger partial charge in [-0.25, -0.2) is 0 Å². The fourth-order valence-electron chi connectivity index (χ4n) is 2.78. The Morgan fingerprint density at radius 1 is 0.941 bits per heavy atom. The number of hydrogen-bond acceptors (Lipinski definition) is 3. The Morgan fingerprint density at radius 3 is 2.18 bits per heavy atom. The van der Waals surface area contributed by atoms with Crippen molar-refractivity contribution in [3.8, 4) is 0 Å². The van der Waals surface area contributed by atoms with Crippen LogP contribution < -0.4 is 0 Å². The molecule has 1 rings (SSSR count). The molecule has 1 aliphatic carbocycles. The minimum absolute atomic E-state index is 0.334. The third-order valence-electron chi connectivity index (χ3n) is 4.12. The van der Waals surface area contributed by atoms with Crippen molar-refractivity contribution in [2.24, 2.45) is 5.92 Å². The molecule has 0 saturated heterocycles. The Labute approximate surface area is 106 Å². The first-order valence-electron chi connectivity index (χ1n) is 7.20. The Bertz CT molecular complexity index is 179. The molecule has 0 radical (unpaired) electrons. The highest BCUT2D eigenvalue weighted by Gasteiger charge is 2.22. The van der Waals surface area contributed by atoms with Crippen LogP contribution >= 0.6 is 0 Å². The summed E-state index contributed by atoms with van der Waals surface area (Å²) < 4.78 is 0. The molecule has 2 N–H and O–H groups in total. The Hall–Kier alpha value is -0.120. The summed E-state index contributed by atoms with van der Waals surface area (Å²) in [5.74, 6) is 0.559. The van der Waals surface area contributed by atoms with Crippen LogP contribution in [0.25, 0.3) is 0 Å². The molecule has 1 fully saturated rings. The van der Waals surface area contributed by atoms with Gasteiger partial charge in [-0.15, -0.1) is 0 Å². The minimum atomic E-state index is 0.334. The van der Waals surface area contributed by atoms with Gasteiger partial charge in [0.25, 0.3) is 0 Å². The molecular formula is C14H29NO2. The van der Waals surface area contributed by atoms with E-state index in [1.807, 2.05) is 0 Å². The van der Waals surface area contributed by atoms with Crippen LogP contribution in [0.1, 0.15) is 51.4 Å². The van der Waals surface area contributed by atoms with Crippen molar-refractivity contribution in [2.75, 3.05) is 26.8 Å². The first-order valence-corrected chi connectivity index (χ1v) is 7.20. The average Bonchev–Trinajstić information content (AvgIpc) is 2.38. The van der Waals surface area contributed by atoms with E-state index in [9.17, 15) is 0 Å². The lowest BCUT2D eigenvalue weighted by Gasteiger charge is -2.34. The van der Waals surface area contributed by atoms with Gasteiger partial charge in [0.2, 0.25) is 0 Å². The van der Waals surface area contributed by atoms with Crippen molar-refractivity contribution in [1.82, 2.24) is 4.90 Å². The second-order valence-electron chi connectivity index (χ2n) is 5.48. The van der Waals surface area contributed by atoms with Gasteiger partial charge >= 0.3 is 0 Å². The van der Waals surface area contributed by atoms with Crippen LogP contribution in [0.15, 0.2) is 0 Å². The van der Waals surface area contributed by atoms with Gasteiger partial charge in [-0.3, -0.25) is 0 Å². The number of rotatable bonds is 8. The van der Waals surface area contributed by atoms with Gasteiger partial charge in [-0.2, -0.15) is 0 Å². The maximum atomic E-state index is 9.11. The number of aliphatic hydroxyl groups is 2. The van der Waals surface area contributed by atoms with Crippen LogP contribution in [-0.4, -0.2) is 48.0 Å². The standard InChI is InChI=1S/C14H29NO2/c1-15(10-4-2-3-5-11-16)14-8-6-13(12-17)7-9-14/h13-14,16-17H,2-12H2,1H3. The summed E-state index contributed by atoms with van der Waals surface area (Å²) in [6, 6.07) is 0.732.